The third-order valence-corrected chi connectivity index (χ3v) is 5.05. The fourth-order valence-electron chi connectivity index (χ4n) is 3.33. The summed E-state index contributed by atoms with van der Waals surface area (Å²) in [7, 11) is 0. The van der Waals surface area contributed by atoms with Crippen molar-refractivity contribution in [3.05, 3.63) is 34.9 Å². The number of piperidine rings is 1. The van der Waals surface area contributed by atoms with Gasteiger partial charge in [-0.1, -0.05) is 23.7 Å². The molecular formula is C18H25ClN2O. The molecule has 4 heteroatoms. The van der Waals surface area contributed by atoms with Crippen LogP contribution >= 0.6 is 11.6 Å². The third kappa shape index (κ3) is 4.72. The summed E-state index contributed by atoms with van der Waals surface area (Å²) in [6.07, 6.45) is 6.65. The smallest absolute Gasteiger partial charge is 0.220 e. The van der Waals surface area contributed by atoms with E-state index in [0.717, 1.165) is 17.5 Å². The maximum absolute atomic E-state index is 12.0. The summed E-state index contributed by atoms with van der Waals surface area (Å²) in [4.78, 5) is 14.7. The molecule has 1 aliphatic heterocycles. The molecule has 0 atom stereocenters. The molecule has 0 aromatic heterocycles. The molecule has 3 nitrogen and oxygen atoms in total. The van der Waals surface area contributed by atoms with E-state index in [4.69, 9.17) is 11.6 Å². The third-order valence-electron chi connectivity index (χ3n) is 4.81. The molecule has 2 fully saturated rings. The molecule has 22 heavy (non-hydrogen) atoms. The number of hydrogen-bond acceptors (Lipinski definition) is 2. The van der Waals surface area contributed by atoms with Crippen LogP contribution in [0.15, 0.2) is 24.3 Å². The fraction of sp³-hybridized carbons (Fsp3) is 0.611. The summed E-state index contributed by atoms with van der Waals surface area (Å²) in [5.74, 6) is 0.771. The Morgan fingerprint density at radius 1 is 1.23 bits per heavy atom. The molecule has 1 aliphatic carbocycles. The molecule has 0 bridgehead atoms. The van der Waals surface area contributed by atoms with E-state index in [0.29, 0.717) is 18.9 Å². The molecular weight excluding hydrogens is 296 g/mol. The van der Waals surface area contributed by atoms with Gasteiger partial charge in [0.05, 0.1) is 0 Å². The lowest BCUT2D eigenvalue weighted by atomic mass is 9.93. The molecule has 1 aromatic carbocycles. The highest BCUT2D eigenvalue weighted by molar-refractivity contribution is 6.30. The van der Waals surface area contributed by atoms with Gasteiger partial charge >= 0.3 is 0 Å². The summed E-state index contributed by atoms with van der Waals surface area (Å²) in [5.41, 5.74) is 1.17. The van der Waals surface area contributed by atoms with Crippen molar-refractivity contribution in [2.45, 2.75) is 44.6 Å². The first kappa shape index (κ1) is 15.8. The molecule has 1 aromatic rings. The van der Waals surface area contributed by atoms with Crippen LogP contribution in [-0.2, 0) is 11.2 Å². The lowest BCUT2D eigenvalue weighted by Crippen LogP contribution is -2.37. The zero-order chi connectivity index (χ0) is 15.4. The molecule has 120 valence electrons. The average Bonchev–Trinajstić information content (AvgIpc) is 3.33. The molecule has 0 unspecified atom stereocenters. The van der Waals surface area contributed by atoms with Crippen LogP contribution < -0.4 is 5.32 Å². The molecule has 1 amide bonds. The number of nitrogens with one attached hydrogen (secondary N) is 1. The van der Waals surface area contributed by atoms with Gasteiger partial charge in [-0.25, -0.2) is 0 Å². The van der Waals surface area contributed by atoms with Crippen LogP contribution in [0.3, 0.4) is 0 Å². The Bertz CT molecular complexity index is 508. The van der Waals surface area contributed by atoms with Gasteiger partial charge in [-0.2, -0.15) is 0 Å². The van der Waals surface area contributed by atoms with Crippen LogP contribution in [-0.4, -0.2) is 36.5 Å². The summed E-state index contributed by atoms with van der Waals surface area (Å²) in [6, 6.07) is 8.70. The Morgan fingerprint density at radius 2 is 2.00 bits per heavy atom. The Hall–Kier alpha value is -1.06. The average molecular weight is 321 g/mol. The minimum absolute atomic E-state index is 0.201. The van der Waals surface area contributed by atoms with E-state index >= 15 is 0 Å². The Kier molecular flexibility index (Phi) is 5.37. The quantitative estimate of drug-likeness (QED) is 0.872. The molecule has 0 spiro atoms. The second-order valence-electron chi connectivity index (χ2n) is 6.64. The number of hydrogen-bond donors (Lipinski definition) is 1. The van der Waals surface area contributed by atoms with E-state index in [9.17, 15) is 4.79 Å². The van der Waals surface area contributed by atoms with Crippen LogP contribution in [0, 0.1) is 5.92 Å². The molecule has 0 radical (unpaired) electrons. The van der Waals surface area contributed by atoms with Crippen molar-refractivity contribution in [1.29, 1.82) is 0 Å². The van der Waals surface area contributed by atoms with Gasteiger partial charge < -0.3 is 10.2 Å². The van der Waals surface area contributed by atoms with E-state index in [2.05, 4.69) is 10.2 Å². The van der Waals surface area contributed by atoms with E-state index in [1.807, 2.05) is 24.3 Å². The molecule has 2 aliphatic rings. The lowest BCUT2D eigenvalue weighted by molar-refractivity contribution is -0.122. The van der Waals surface area contributed by atoms with Crippen molar-refractivity contribution in [1.82, 2.24) is 10.2 Å². The molecule has 1 N–H and O–H groups in total. The van der Waals surface area contributed by atoms with E-state index in [1.165, 1.54) is 44.3 Å². The number of rotatable bonds is 6. The fourth-order valence-corrected chi connectivity index (χ4v) is 3.55. The first-order chi connectivity index (χ1) is 10.7. The van der Waals surface area contributed by atoms with Crippen LogP contribution in [0.2, 0.25) is 5.02 Å². The van der Waals surface area contributed by atoms with Crippen molar-refractivity contribution in [2.24, 2.45) is 5.92 Å². The van der Waals surface area contributed by atoms with Gasteiger partial charge in [-0.15, -0.1) is 0 Å². The highest BCUT2D eigenvalue weighted by Crippen LogP contribution is 2.31. The van der Waals surface area contributed by atoms with Crippen LogP contribution in [0.1, 0.15) is 37.7 Å². The standard InChI is InChI=1S/C18H25ClN2O/c19-16-3-1-2-14(12-16)6-9-20-18(22)13-15-7-10-21(11-8-15)17-4-5-17/h1-3,12,15,17H,4-11,13H2,(H,20,22). The number of benzene rings is 1. The largest absolute Gasteiger partial charge is 0.356 e. The normalized spacial score (nSPS) is 20.0. The van der Waals surface area contributed by atoms with Crippen molar-refractivity contribution in [3.8, 4) is 0 Å². The molecule has 1 saturated heterocycles. The summed E-state index contributed by atoms with van der Waals surface area (Å²) >= 11 is 5.96. The highest BCUT2D eigenvalue weighted by Gasteiger charge is 2.32. The second-order valence-corrected chi connectivity index (χ2v) is 7.08. The number of halogens is 1. The summed E-state index contributed by atoms with van der Waals surface area (Å²) < 4.78 is 0. The maximum Gasteiger partial charge on any atom is 0.220 e. The Balaban J connectivity index is 1.32. The van der Waals surface area contributed by atoms with Crippen LogP contribution in [0.25, 0.3) is 0 Å². The van der Waals surface area contributed by atoms with Gasteiger partial charge in [0, 0.05) is 24.0 Å². The van der Waals surface area contributed by atoms with Gasteiger partial charge in [0.25, 0.3) is 0 Å². The zero-order valence-electron chi connectivity index (χ0n) is 13.1. The molecule has 1 saturated carbocycles. The zero-order valence-corrected chi connectivity index (χ0v) is 13.8. The number of likely N-dealkylation sites (tertiary alicyclic amines) is 1. The van der Waals surface area contributed by atoms with Crippen molar-refractivity contribution in [3.63, 3.8) is 0 Å². The molecule has 1 heterocycles. The van der Waals surface area contributed by atoms with Gasteiger partial charge in [-0.05, 0) is 68.8 Å². The number of amides is 1. The number of nitrogens with zero attached hydrogens (tertiary/aromatic N) is 1. The van der Waals surface area contributed by atoms with E-state index in [-0.39, 0.29) is 5.91 Å². The van der Waals surface area contributed by atoms with Gasteiger partial charge in [0.1, 0.15) is 0 Å². The SMILES string of the molecule is O=C(CC1CCN(C2CC2)CC1)NCCc1cccc(Cl)c1. The van der Waals surface area contributed by atoms with E-state index < -0.39 is 0 Å². The van der Waals surface area contributed by atoms with Gasteiger partial charge in [0.2, 0.25) is 5.91 Å². The predicted octanol–water partition coefficient (Wildman–Crippen LogP) is 3.26. The first-order valence-corrected chi connectivity index (χ1v) is 8.83. The maximum atomic E-state index is 12.0. The lowest BCUT2D eigenvalue weighted by Gasteiger charge is -2.31. The van der Waals surface area contributed by atoms with Crippen molar-refractivity contribution in [2.75, 3.05) is 19.6 Å². The monoisotopic (exact) mass is 320 g/mol. The summed E-state index contributed by atoms with van der Waals surface area (Å²) in [6.45, 7) is 3.07. The number of carbonyl (C=O) groups is 1. The molecule has 3 rings (SSSR count). The van der Waals surface area contributed by atoms with E-state index in [1.54, 1.807) is 0 Å². The summed E-state index contributed by atoms with van der Waals surface area (Å²) in [5, 5.41) is 3.80. The highest BCUT2D eigenvalue weighted by atomic mass is 35.5. The van der Waals surface area contributed by atoms with Crippen LogP contribution in [0.4, 0.5) is 0 Å². The minimum atomic E-state index is 0.201. The topological polar surface area (TPSA) is 32.3 Å². The predicted molar refractivity (Wildman–Crippen MR) is 90.1 cm³/mol. The minimum Gasteiger partial charge on any atom is -0.356 e. The number of carbonyl (C=O) groups excluding carboxylic acids is 1. The van der Waals surface area contributed by atoms with Gasteiger partial charge in [-0.3, -0.25) is 4.79 Å². The second kappa shape index (κ2) is 7.47. The van der Waals surface area contributed by atoms with Crippen molar-refractivity contribution < 1.29 is 4.79 Å². The van der Waals surface area contributed by atoms with Gasteiger partial charge in [0.15, 0.2) is 0 Å². The Labute approximate surface area is 138 Å². The van der Waals surface area contributed by atoms with Crippen LogP contribution in [0.5, 0.6) is 0 Å². The first-order valence-electron chi connectivity index (χ1n) is 8.46. The Morgan fingerprint density at radius 3 is 2.68 bits per heavy atom. The van der Waals surface area contributed by atoms with Crippen molar-refractivity contribution >= 4 is 17.5 Å².